The number of carbonyl (C=O) groups excluding carboxylic acids is 1. The summed E-state index contributed by atoms with van der Waals surface area (Å²) in [6.45, 7) is 5.06. The van der Waals surface area contributed by atoms with Gasteiger partial charge in [-0.15, -0.1) is 0 Å². The fourth-order valence-electron chi connectivity index (χ4n) is 2.29. The molecule has 1 rings (SSSR count). The van der Waals surface area contributed by atoms with E-state index in [9.17, 15) is 4.79 Å². The minimum Gasteiger partial charge on any atom is -0.395 e. The smallest absolute Gasteiger partial charge is 0.238 e. The Hall–Kier alpha value is -0.430. The summed E-state index contributed by atoms with van der Waals surface area (Å²) < 4.78 is 1.78. The lowest BCUT2D eigenvalue weighted by atomic mass is 10.1. The highest BCUT2D eigenvalue weighted by atomic mass is 79.9. The van der Waals surface area contributed by atoms with Crippen molar-refractivity contribution >= 4 is 43.5 Å². The van der Waals surface area contributed by atoms with E-state index in [0.717, 1.165) is 27.5 Å². The third-order valence-electron chi connectivity index (χ3n) is 3.40. The summed E-state index contributed by atoms with van der Waals surface area (Å²) in [5, 5.41) is 12.1. The molecule has 1 aromatic rings. The van der Waals surface area contributed by atoms with Crippen LogP contribution in [0.3, 0.4) is 0 Å². The van der Waals surface area contributed by atoms with Gasteiger partial charge in [0.25, 0.3) is 0 Å². The van der Waals surface area contributed by atoms with E-state index in [1.807, 2.05) is 23.1 Å². The van der Waals surface area contributed by atoms with Crippen molar-refractivity contribution in [2.75, 3.05) is 25.0 Å². The zero-order valence-corrected chi connectivity index (χ0v) is 15.6. The molecule has 21 heavy (non-hydrogen) atoms. The van der Waals surface area contributed by atoms with E-state index in [0.29, 0.717) is 12.6 Å². The van der Waals surface area contributed by atoms with Crippen LogP contribution in [0.4, 0.5) is 5.69 Å². The quantitative estimate of drug-likeness (QED) is 0.673. The first-order valence-corrected chi connectivity index (χ1v) is 8.70. The Morgan fingerprint density at radius 1 is 1.33 bits per heavy atom. The first kappa shape index (κ1) is 18.6. The van der Waals surface area contributed by atoms with Crippen LogP contribution in [0.25, 0.3) is 0 Å². The zero-order chi connectivity index (χ0) is 15.8. The van der Waals surface area contributed by atoms with Crippen molar-refractivity contribution in [1.29, 1.82) is 0 Å². The highest BCUT2D eigenvalue weighted by Gasteiger charge is 2.18. The van der Waals surface area contributed by atoms with Crippen LogP contribution in [0.2, 0.25) is 0 Å². The molecule has 0 aliphatic heterocycles. The van der Waals surface area contributed by atoms with Crippen LogP contribution in [-0.4, -0.2) is 41.7 Å². The molecule has 6 heteroatoms. The van der Waals surface area contributed by atoms with E-state index >= 15 is 0 Å². The maximum absolute atomic E-state index is 12.2. The second-order valence-electron chi connectivity index (χ2n) is 4.84. The number of nitrogens with one attached hydrogen (secondary N) is 1. The maximum atomic E-state index is 12.2. The minimum atomic E-state index is -0.0710. The second kappa shape index (κ2) is 9.56. The Labute approximate surface area is 143 Å². The highest BCUT2D eigenvalue weighted by molar-refractivity contribution is 9.11. The molecule has 0 aromatic heterocycles. The zero-order valence-electron chi connectivity index (χ0n) is 12.4. The van der Waals surface area contributed by atoms with Gasteiger partial charge in [-0.3, -0.25) is 9.69 Å². The van der Waals surface area contributed by atoms with Gasteiger partial charge < -0.3 is 10.4 Å². The number of hydrogen-bond acceptors (Lipinski definition) is 3. The second-order valence-corrected chi connectivity index (χ2v) is 6.61. The monoisotopic (exact) mass is 420 g/mol. The molecule has 4 nitrogen and oxygen atoms in total. The van der Waals surface area contributed by atoms with E-state index in [1.165, 1.54) is 0 Å². The predicted octanol–water partition coefficient (Wildman–Crippen LogP) is 3.63. The largest absolute Gasteiger partial charge is 0.395 e. The number of aliphatic hydroxyl groups excluding tert-OH is 1. The number of aliphatic hydroxyl groups is 1. The Balaban J connectivity index is 2.69. The first-order chi connectivity index (χ1) is 10.0. The molecular weight excluding hydrogens is 400 g/mol. The SMILES string of the molecule is CCC(CC)N(CCO)CC(=O)Nc1ccc(Br)cc1Br. The molecule has 1 aromatic carbocycles. The van der Waals surface area contributed by atoms with Crippen molar-refractivity contribution in [1.82, 2.24) is 4.90 Å². The number of hydrogen-bond donors (Lipinski definition) is 2. The van der Waals surface area contributed by atoms with Gasteiger partial charge in [0.2, 0.25) is 5.91 Å². The molecule has 0 unspecified atom stereocenters. The van der Waals surface area contributed by atoms with Crippen molar-refractivity contribution in [3.63, 3.8) is 0 Å². The number of rotatable bonds is 8. The Kier molecular flexibility index (Phi) is 8.48. The van der Waals surface area contributed by atoms with Gasteiger partial charge in [-0.1, -0.05) is 29.8 Å². The lowest BCUT2D eigenvalue weighted by Crippen LogP contribution is -2.42. The van der Waals surface area contributed by atoms with E-state index in [1.54, 1.807) is 0 Å². The van der Waals surface area contributed by atoms with Crippen LogP contribution in [0.5, 0.6) is 0 Å². The summed E-state index contributed by atoms with van der Waals surface area (Å²) in [6, 6.07) is 5.94. The van der Waals surface area contributed by atoms with E-state index in [-0.39, 0.29) is 19.1 Å². The maximum Gasteiger partial charge on any atom is 0.238 e. The van der Waals surface area contributed by atoms with Gasteiger partial charge in [0, 0.05) is 21.5 Å². The van der Waals surface area contributed by atoms with Crippen LogP contribution in [0.15, 0.2) is 27.1 Å². The molecule has 0 atom stereocenters. The van der Waals surface area contributed by atoms with Gasteiger partial charge in [0.15, 0.2) is 0 Å². The molecular formula is C15H22Br2N2O2. The van der Waals surface area contributed by atoms with Crippen LogP contribution in [-0.2, 0) is 4.79 Å². The fourth-order valence-corrected chi connectivity index (χ4v) is 3.44. The van der Waals surface area contributed by atoms with E-state index in [2.05, 4.69) is 51.0 Å². The molecule has 0 bridgehead atoms. The summed E-state index contributed by atoms with van der Waals surface area (Å²) >= 11 is 6.81. The minimum absolute atomic E-state index is 0.0613. The molecule has 0 aliphatic carbocycles. The van der Waals surface area contributed by atoms with Crippen LogP contribution < -0.4 is 5.32 Å². The Morgan fingerprint density at radius 2 is 2.00 bits per heavy atom. The molecule has 0 aliphatic rings. The summed E-state index contributed by atoms with van der Waals surface area (Å²) in [4.78, 5) is 14.2. The molecule has 1 amide bonds. The lowest BCUT2D eigenvalue weighted by Gasteiger charge is -2.29. The third kappa shape index (κ3) is 6.06. The molecule has 0 saturated carbocycles. The molecule has 118 valence electrons. The van der Waals surface area contributed by atoms with Gasteiger partial charge in [-0.05, 0) is 47.0 Å². The number of anilines is 1. The number of halogens is 2. The van der Waals surface area contributed by atoms with Crippen molar-refractivity contribution in [2.24, 2.45) is 0 Å². The highest BCUT2D eigenvalue weighted by Crippen LogP contribution is 2.26. The lowest BCUT2D eigenvalue weighted by molar-refractivity contribution is -0.118. The standard InChI is InChI=1S/C15H22Br2N2O2/c1-3-12(4-2)19(7-8-20)10-15(21)18-14-6-5-11(16)9-13(14)17/h5-6,9,12,20H,3-4,7-8,10H2,1-2H3,(H,18,21). The van der Waals surface area contributed by atoms with Crippen molar-refractivity contribution in [2.45, 2.75) is 32.7 Å². The molecule has 0 fully saturated rings. The summed E-state index contributed by atoms with van der Waals surface area (Å²) in [5.74, 6) is -0.0710. The van der Waals surface area contributed by atoms with Crippen LogP contribution >= 0.6 is 31.9 Å². The van der Waals surface area contributed by atoms with Gasteiger partial charge in [-0.2, -0.15) is 0 Å². The normalized spacial score (nSPS) is 11.2. The number of amides is 1. The molecule has 0 radical (unpaired) electrons. The fraction of sp³-hybridized carbons (Fsp3) is 0.533. The van der Waals surface area contributed by atoms with E-state index in [4.69, 9.17) is 5.11 Å². The topological polar surface area (TPSA) is 52.6 Å². The third-order valence-corrected chi connectivity index (χ3v) is 4.55. The van der Waals surface area contributed by atoms with Crippen molar-refractivity contribution in [3.05, 3.63) is 27.1 Å². The van der Waals surface area contributed by atoms with Crippen molar-refractivity contribution < 1.29 is 9.90 Å². The molecule has 0 heterocycles. The number of benzene rings is 1. The van der Waals surface area contributed by atoms with Gasteiger partial charge >= 0.3 is 0 Å². The van der Waals surface area contributed by atoms with Gasteiger partial charge in [-0.25, -0.2) is 0 Å². The average molecular weight is 422 g/mol. The summed E-state index contributed by atoms with van der Waals surface area (Å²) in [6.07, 6.45) is 1.93. The Morgan fingerprint density at radius 3 is 2.52 bits per heavy atom. The first-order valence-electron chi connectivity index (χ1n) is 7.11. The number of nitrogens with zero attached hydrogens (tertiary/aromatic N) is 1. The van der Waals surface area contributed by atoms with Gasteiger partial charge in [0.1, 0.15) is 0 Å². The molecule has 0 saturated heterocycles. The van der Waals surface area contributed by atoms with Crippen LogP contribution in [0.1, 0.15) is 26.7 Å². The van der Waals surface area contributed by atoms with Crippen LogP contribution in [0, 0.1) is 0 Å². The number of carbonyl (C=O) groups is 1. The van der Waals surface area contributed by atoms with E-state index < -0.39 is 0 Å². The molecule has 0 spiro atoms. The summed E-state index contributed by atoms with van der Waals surface area (Å²) in [7, 11) is 0. The Bertz CT molecular complexity index is 465. The summed E-state index contributed by atoms with van der Waals surface area (Å²) in [5.41, 5.74) is 0.747. The molecule has 2 N–H and O–H groups in total. The van der Waals surface area contributed by atoms with Gasteiger partial charge in [0.05, 0.1) is 18.8 Å². The average Bonchev–Trinajstić information content (AvgIpc) is 2.43. The predicted molar refractivity (Wildman–Crippen MR) is 93.5 cm³/mol. The van der Waals surface area contributed by atoms with Crippen molar-refractivity contribution in [3.8, 4) is 0 Å².